The number of benzene rings is 2. The highest BCUT2D eigenvalue weighted by molar-refractivity contribution is 9.10. The van der Waals surface area contributed by atoms with Gasteiger partial charge in [-0.2, -0.15) is 0 Å². The lowest BCUT2D eigenvalue weighted by atomic mass is 10.2. The Balaban J connectivity index is 1.77. The second-order valence-corrected chi connectivity index (χ2v) is 5.25. The van der Waals surface area contributed by atoms with Crippen LogP contribution in [0.5, 0.6) is 5.75 Å². The summed E-state index contributed by atoms with van der Waals surface area (Å²) < 4.78 is 6.67. The van der Waals surface area contributed by atoms with Crippen molar-refractivity contribution < 1.29 is 4.74 Å². The number of anilines is 1. The third-order valence-electron chi connectivity index (χ3n) is 2.58. The monoisotopic (exact) mass is 339 g/mol. The Bertz CT molecular complexity index is 533. The van der Waals surface area contributed by atoms with Crippen LogP contribution < -0.4 is 10.1 Å². The Morgan fingerprint density at radius 1 is 1.11 bits per heavy atom. The molecule has 2 aromatic rings. The minimum atomic E-state index is 0.532. The lowest BCUT2D eigenvalue weighted by Gasteiger charge is -2.09. The highest BCUT2D eigenvalue weighted by atomic mass is 79.9. The van der Waals surface area contributed by atoms with Crippen molar-refractivity contribution >= 4 is 33.2 Å². The molecule has 2 nitrogen and oxygen atoms in total. The molecule has 4 heteroatoms. The molecule has 0 radical (unpaired) electrons. The second-order valence-electron chi connectivity index (χ2n) is 4.07. The van der Waals surface area contributed by atoms with Gasteiger partial charge >= 0.3 is 0 Å². The summed E-state index contributed by atoms with van der Waals surface area (Å²) in [6, 6.07) is 15.9. The van der Waals surface area contributed by atoms with Crippen LogP contribution in [0.15, 0.2) is 53.0 Å². The van der Waals surface area contributed by atoms with Crippen molar-refractivity contribution in [3.8, 4) is 5.75 Å². The number of rotatable bonds is 6. The van der Waals surface area contributed by atoms with E-state index in [-0.39, 0.29) is 0 Å². The van der Waals surface area contributed by atoms with Crippen LogP contribution in [0.1, 0.15) is 5.56 Å². The minimum Gasteiger partial charge on any atom is -0.492 e. The summed E-state index contributed by atoms with van der Waals surface area (Å²) in [6.07, 6.45) is 0. The fraction of sp³-hybridized carbons (Fsp3) is 0.200. The Hall–Kier alpha value is -1.19. The van der Waals surface area contributed by atoms with Crippen LogP contribution >= 0.6 is 27.5 Å². The highest BCUT2D eigenvalue weighted by Gasteiger charge is 1.96. The van der Waals surface area contributed by atoms with Gasteiger partial charge in [-0.25, -0.2) is 0 Å². The third kappa shape index (κ3) is 4.77. The number of alkyl halides is 1. The molecule has 0 aliphatic carbocycles. The van der Waals surface area contributed by atoms with E-state index in [1.165, 1.54) is 0 Å². The van der Waals surface area contributed by atoms with Crippen LogP contribution in [-0.4, -0.2) is 13.2 Å². The minimum absolute atomic E-state index is 0.532. The molecule has 0 saturated heterocycles. The number of hydrogen-bond acceptors (Lipinski definition) is 2. The second kappa shape index (κ2) is 7.41. The summed E-state index contributed by atoms with van der Waals surface area (Å²) >= 11 is 9.21. The van der Waals surface area contributed by atoms with Crippen LogP contribution in [0.3, 0.4) is 0 Å². The Morgan fingerprint density at radius 3 is 2.74 bits per heavy atom. The van der Waals surface area contributed by atoms with E-state index < -0.39 is 0 Å². The molecular formula is C15H15BrClNO. The molecule has 0 bridgehead atoms. The predicted molar refractivity (Wildman–Crippen MR) is 84.1 cm³/mol. The molecule has 0 spiro atoms. The fourth-order valence-electron chi connectivity index (χ4n) is 1.69. The number of halogens is 2. The molecule has 100 valence electrons. The molecule has 19 heavy (non-hydrogen) atoms. The van der Waals surface area contributed by atoms with E-state index in [0.717, 1.165) is 28.0 Å². The van der Waals surface area contributed by atoms with Crippen molar-refractivity contribution in [3.05, 3.63) is 58.6 Å². The van der Waals surface area contributed by atoms with Crippen molar-refractivity contribution in [2.24, 2.45) is 0 Å². The van der Waals surface area contributed by atoms with Gasteiger partial charge in [0.2, 0.25) is 0 Å². The first kappa shape index (κ1) is 14.2. The standard InChI is InChI=1S/C15H15BrClNO/c16-13-4-2-6-15(10-13)19-8-7-18-14-5-1-3-12(9-14)11-17/h1-6,9-10,18H,7-8,11H2. The Morgan fingerprint density at radius 2 is 1.95 bits per heavy atom. The number of ether oxygens (including phenoxy) is 1. The zero-order valence-electron chi connectivity index (χ0n) is 10.4. The molecule has 2 aromatic carbocycles. The Labute approximate surface area is 126 Å². The summed E-state index contributed by atoms with van der Waals surface area (Å²) in [4.78, 5) is 0. The normalized spacial score (nSPS) is 10.2. The molecular weight excluding hydrogens is 326 g/mol. The summed E-state index contributed by atoms with van der Waals surface area (Å²) in [5, 5.41) is 3.31. The largest absolute Gasteiger partial charge is 0.492 e. The SMILES string of the molecule is ClCc1cccc(NCCOc2cccc(Br)c2)c1. The molecule has 0 aromatic heterocycles. The summed E-state index contributed by atoms with van der Waals surface area (Å²) in [5.41, 5.74) is 2.18. The van der Waals surface area contributed by atoms with Crippen molar-refractivity contribution in [2.75, 3.05) is 18.5 Å². The van der Waals surface area contributed by atoms with Crippen molar-refractivity contribution in [3.63, 3.8) is 0 Å². The lowest BCUT2D eigenvalue weighted by Crippen LogP contribution is -2.11. The van der Waals surface area contributed by atoms with E-state index in [1.807, 2.05) is 48.5 Å². The molecule has 0 fully saturated rings. The first-order valence-electron chi connectivity index (χ1n) is 6.05. The highest BCUT2D eigenvalue weighted by Crippen LogP contribution is 2.17. The lowest BCUT2D eigenvalue weighted by molar-refractivity contribution is 0.332. The van der Waals surface area contributed by atoms with Crippen molar-refractivity contribution in [1.82, 2.24) is 0 Å². The van der Waals surface area contributed by atoms with Gasteiger partial charge in [0.05, 0.1) is 0 Å². The zero-order valence-corrected chi connectivity index (χ0v) is 12.7. The number of hydrogen-bond donors (Lipinski definition) is 1. The van der Waals surface area contributed by atoms with E-state index in [9.17, 15) is 0 Å². The van der Waals surface area contributed by atoms with Gasteiger partial charge in [0, 0.05) is 22.6 Å². The fourth-order valence-corrected chi connectivity index (χ4v) is 2.23. The van der Waals surface area contributed by atoms with E-state index in [1.54, 1.807) is 0 Å². The van der Waals surface area contributed by atoms with Gasteiger partial charge < -0.3 is 10.1 Å². The first-order valence-corrected chi connectivity index (χ1v) is 7.38. The van der Waals surface area contributed by atoms with Gasteiger partial charge in [-0.3, -0.25) is 0 Å². The number of nitrogens with one attached hydrogen (secondary N) is 1. The Kier molecular flexibility index (Phi) is 5.55. The molecule has 0 atom stereocenters. The summed E-state index contributed by atoms with van der Waals surface area (Å²) in [6.45, 7) is 1.36. The molecule has 0 heterocycles. The quantitative estimate of drug-likeness (QED) is 0.609. The van der Waals surface area contributed by atoms with Gasteiger partial charge in [0.25, 0.3) is 0 Å². The molecule has 0 saturated carbocycles. The summed E-state index contributed by atoms with van der Waals surface area (Å²) in [5.74, 6) is 1.40. The van der Waals surface area contributed by atoms with E-state index in [4.69, 9.17) is 16.3 Å². The average molecular weight is 341 g/mol. The maximum Gasteiger partial charge on any atom is 0.120 e. The van der Waals surface area contributed by atoms with Crippen molar-refractivity contribution in [1.29, 1.82) is 0 Å². The molecule has 0 aliphatic rings. The third-order valence-corrected chi connectivity index (χ3v) is 3.38. The van der Waals surface area contributed by atoms with Crippen LogP contribution in [0.25, 0.3) is 0 Å². The van der Waals surface area contributed by atoms with Gasteiger partial charge in [-0.05, 0) is 35.9 Å². The molecule has 1 N–H and O–H groups in total. The molecule has 2 rings (SSSR count). The van der Waals surface area contributed by atoms with E-state index in [2.05, 4.69) is 21.2 Å². The van der Waals surface area contributed by atoms with Gasteiger partial charge in [-0.1, -0.05) is 34.1 Å². The van der Waals surface area contributed by atoms with E-state index in [0.29, 0.717) is 12.5 Å². The zero-order chi connectivity index (χ0) is 13.5. The smallest absolute Gasteiger partial charge is 0.120 e. The maximum absolute atomic E-state index is 5.80. The van der Waals surface area contributed by atoms with Crippen LogP contribution in [0.4, 0.5) is 5.69 Å². The van der Waals surface area contributed by atoms with Gasteiger partial charge in [-0.15, -0.1) is 11.6 Å². The van der Waals surface area contributed by atoms with Gasteiger partial charge in [0.1, 0.15) is 12.4 Å². The van der Waals surface area contributed by atoms with E-state index >= 15 is 0 Å². The topological polar surface area (TPSA) is 21.3 Å². The molecule has 0 unspecified atom stereocenters. The predicted octanol–water partition coefficient (Wildman–Crippen LogP) is 4.68. The molecule has 0 aliphatic heterocycles. The van der Waals surface area contributed by atoms with Crippen molar-refractivity contribution in [2.45, 2.75) is 5.88 Å². The first-order chi connectivity index (χ1) is 9.28. The van der Waals surface area contributed by atoms with Gasteiger partial charge in [0.15, 0.2) is 0 Å². The van der Waals surface area contributed by atoms with Crippen LogP contribution in [0, 0.1) is 0 Å². The average Bonchev–Trinajstić information content (AvgIpc) is 2.44. The van der Waals surface area contributed by atoms with Crippen LogP contribution in [-0.2, 0) is 5.88 Å². The maximum atomic E-state index is 5.80. The summed E-state index contributed by atoms with van der Waals surface area (Å²) in [7, 11) is 0. The van der Waals surface area contributed by atoms with Crippen LogP contribution in [0.2, 0.25) is 0 Å². The molecule has 0 amide bonds.